The van der Waals surface area contributed by atoms with Crippen molar-refractivity contribution in [2.24, 2.45) is 5.73 Å². The van der Waals surface area contributed by atoms with E-state index in [0.29, 0.717) is 0 Å². The third-order valence-electron chi connectivity index (χ3n) is 3.50. The Balaban J connectivity index is 2.33. The molecule has 0 radical (unpaired) electrons. The molecule has 0 fully saturated rings. The van der Waals surface area contributed by atoms with Gasteiger partial charge in [0.2, 0.25) is 0 Å². The van der Waals surface area contributed by atoms with Gasteiger partial charge in [-0.05, 0) is 50.1 Å². The van der Waals surface area contributed by atoms with E-state index in [9.17, 15) is 0 Å². The van der Waals surface area contributed by atoms with E-state index in [4.69, 9.17) is 10.5 Å². The summed E-state index contributed by atoms with van der Waals surface area (Å²) in [5.41, 5.74) is 10.0. The SMILES string of the molecule is COc1cccc(C(Sc2cc(C)ccc2C)C(C)N)c1. The van der Waals surface area contributed by atoms with Crippen LogP contribution in [0.5, 0.6) is 5.75 Å². The first kappa shape index (κ1) is 15.9. The van der Waals surface area contributed by atoms with Crippen LogP contribution in [0.15, 0.2) is 47.4 Å². The summed E-state index contributed by atoms with van der Waals surface area (Å²) >= 11 is 1.83. The lowest BCUT2D eigenvalue weighted by molar-refractivity contribution is 0.414. The maximum absolute atomic E-state index is 6.23. The maximum atomic E-state index is 6.23. The van der Waals surface area contributed by atoms with Crippen LogP contribution in [0.1, 0.15) is 28.9 Å². The van der Waals surface area contributed by atoms with Gasteiger partial charge in [-0.25, -0.2) is 0 Å². The number of aryl methyl sites for hydroxylation is 2. The minimum Gasteiger partial charge on any atom is -0.497 e. The van der Waals surface area contributed by atoms with Gasteiger partial charge in [0.1, 0.15) is 5.75 Å². The Kier molecular flexibility index (Phi) is 5.32. The second-order valence-electron chi connectivity index (χ2n) is 5.44. The summed E-state index contributed by atoms with van der Waals surface area (Å²) in [6.45, 7) is 6.32. The van der Waals surface area contributed by atoms with Gasteiger partial charge in [0.05, 0.1) is 7.11 Å². The van der Waals surface area contributed by atoms with Crippen LogP contribution in [0, 0.1) is 13.8 Å². The molecule has 2 N–H and O–H groups in total. The van der Waals surface area contributed by atoms with Crippen LogP contribution in [-0.4, -0.2) is 13.2 Å². The lowest BCUT2D eigenvalue weighted by Crippen LogP contribution is -2.22. The van der Waals surface area contributed by atoms with Crippen LogP contribution in [-0.2, 0) is 0 Å². The smallest absolute Gasteiger partial charge is 0.119 e. The Hall–Kier alpha value is -1.45. The molecule has 0 saturated heterocycles. The highest BCUT2D eigenvalue weighted by Gasteiger charge is 2.19. The Morgan fingerprint density at radius 3 is 2.52 bits per heavy atom. The first-order valence-corrected chi connectivity index (χ1v) is 8.02. The standard InChI is InChI=1S/C18H23NOS/c1-12-8-9-13(2)17(10-12)21-18(14(3)19)15-6-5-7-16(11-15)20-4/h5-11,14,18H,19H2,1-4H3. The number of nitrogens with two attached hydrogens (primary N) is 1. The van der Waals surface area contributed by atoms with Crippen LogP contribution in [0.4, 0.5) is 0 Å². The molecule has 0 aliphatic rings. The van der Waals surface area contributed by atoms with E-state index in [1.54, 1.807) is 7.11 Å². The van der Waals surface area contributed by atoms with Crippen LogP contribution in [0.25, 0.3) is 0 Å². The molecule has 0 heterocycles. The molecule has 0 aliphatic carbocycles. The van der Waals surface area contributed by atoms with Gasteiger partial charge < -0.3 is 10.5 Å². The number of rotatable bonds is 5. The van der Waals surface area contributed by atoms with E-state index in [-0.39, 0.29) is 11.3 Å². The molecule has 2 aromatic carbocycles. The highest BCUT2D eigenvalue weighted by atomic mass is 32.2. The second-order valence-corrected chi connectivity index (χ2v) is 6.63. The molecule has 0 saturated carbocycles. The average molecular weight is 301 g/mol. The van der Waals surface area contributed by atoms with Gasteiger partial charge in [-0.1, -0.05) is 29.8 Å². The molecule has 2 nitrogen and oxygen atoms in total. The molecular formula is C18H23NOS. The van der Waals surface area contributed by atoms with Crippen molar-refractivity contribution < 1.29 is 4.74 Å². The first-order valence-electron chi connectivity index (χ1n) is 7.14. The van der Waals surface area contributed by atoms with Crippen LogP contribution >= 0.6 is 11.8 Å². The molecule has 21 heavy (non-hydrogen) atoms. The highest BCUT2D eigenvalue weighted by molar-refractivity contribution is 7.99. The van der Waals surface area contributed by atoms with E-state index in [0.717, 1.165) is 5.75 Å². The number of hydrogen-bond donors (Lipinski definition) is 1. The molecule has 0 spiro atoms. The van der Waals surface area contributed by atoms with Gasteiger partial charge in [0.15, 0.2) is 0 Å². The molecule has 3 heteroatoms. The van der Waals surface area contributed by atoms with Gasteiger partial charge in [-0.3, -0.25) is 0 Å². The van der Waals surface area contributed by atoms with Crippen molar-refractivity contribution in [2.45, 2.75) is 37.0 Å². The van der Waals surface area contributed by atoms with Crippen molar-refractivity contribution in [3.8, 4) is 5.75 Å². The van der Waals surface area contributed by atoms with Crippen molar-refractivity contribution in [1.82, 2.24) is 0 Å². The second kappa shape index (κ2) is 7.01. The molecule has 0 amide bonds. The predicted molar refractivity (Wildman–Crippen MR) is 91.2 cm³/mol. The van der Waals surface area contributed by atoms with Crippen molar-refractivity contribution in [1.29, 1.82) is 0 Å². The van der Waals surface area contributed by atoms with Crippen LogP contribution in [0.3, 0.4) is 0 Å². The van der Waals surface area contributed by atoms with E-state index in [1.807, 2.05) is 23.9 Å². The van der Waals surface area contributed by atoms with Gasteiger partial charge in [0, 0.05) is 16.2 Å². The van der Waals surface area contributed by atoms with Crippen molar-refractivity contribution in [2.75, 3.05) is 7.11 Å². The number of methoxy groups -OCH3 is 1. The quantitative estimate of drug-likeness (QED) is 0.826. The largest absolute Gasteiger partial charge is 0.497 e. The molecule has 2 atom stereocenters. The molecule has 0 aliphatic heterocycles. The summed E-state index contributed by atoms with van der Waals surface area (Å²) in [5, 5.41) is 0.209. The lowest BCUT2D eigenvalue weighted by atomic mass is 10.1. The Bertz CT molecular complexity index is 610. The Morgan fingerprint density at radius 1 is 1.10 bits per heavy atom. The topological polar surface area (TPSA) is 35.2 Å². The highest BCUT2D eigenvalue weighted by Crippen LogP contribution is 2.39. The summed E-state index contributed by atoms with van der Waals surface area (Å²) < 4.78 is 5.33. The summed E-state index contributed by atoms with van der Waals surface area (Å²) in [6.07, 6.45) is 0. The third kappa shape index (κ3) is 4.02. The summed E-state index contributed by atoms with van der Waals surface area (Å²) in [6, 6.07) is 14.8. The van der Waals surface area contributed by atoms with Crippen molar-refractivity contribution in [3.05, 3.63) is 59.2 Å². The fourth-order valence-corrected chi connectivity index (χ4v) is 3.55. The minimum atomic E-state index is 0.0574. The van der Waals surface area contributed by atoms with E-state index in [1.165, 1.54) is 21.6 Å². The molecular weight excluding hydrogens is 278 g/mol. The third-order valence-corrected chi connectivity index (χ3v) is 5.15. The zero-order chi connectivity index (χ0) is 15.4. The molecule has 0 aromatic heterocycles. The molecule has 0 bridgehead atoms. The number of thioether (sulfide) groups is 1. The number of hydrogen-bond acceptors (Lipinski definition) is 3. The normalized spacial score (nSPS) is 13.8. The molecule has 2 unspecified atom stereocenters. The van der Waals surface area contributed by atoms with Gasteiger partial charge in [0.25, 0.3) is 0 Å². The number of benzene rings is 2. The van der Waals surface area contributed by atoms with Crippen molar-refractivity contribution >= 4 is 11.8 Å². The molecule has 112 valence electrons. The van der Waals surface area contributed by atoms with E-state index >= 15 is 0 Å². The fraction of sp³-hybridized carbons (Fsp3) is 0.333. The summed E-state index contributed by atoms with van der Waals surface area (Å²) in [4.78, 5) is 1.29. The van der Waals surface area contributed by atoms with Crippen molar-refractivity contribution in [3.63, 3.8) is 0 Å². The Morgan fingerprint density at radius 2 is 1.86 bits per heavy atom. The fourth-order valence-electron chi connectivity index (χ4n) is 2.27. The molecule has 2 rings (SSSR count). The summed E-state index contributed by atoms with van der Waals surface area (Å²) in [5.74, 6) is 0.875. The average Bonchev–Trinajstić information content (AvgIpc) is 2.47. The summed E-state index contributed by atoms with van der Waals surface area (Å²) in [7, 11) is 1.69. The maximum Gasteiger partial charge on any atom is 0.119 e. The number of ether oxygens (including phenoxy) is 1. The minimum absolute atomic E-state index is 0.0574. The van der Waals surface area contributed by atoms with E-state index in [2.05, 4.69) is 51.1 Å². The first-order chi connectivity index (χ1) is 10.0. The van der Waals surface area contributed by atoms with Gasteiger partial charge in [-0.15, -0.1) is 11.8 Å². The lowest BCUT2D eigenvalue weighted by Gasteiger charge is -2.22. The van der Waals surface area contributed by atoms with Crippen LogP contribution in [0.2, 0.25) is 0 Å². The zero-order valence-corrected chi connectivity index (χ0v) is 13.9. The Labute approximate surface area is 131 Å². The van der Waals surface area contributed by atoms with Gasteiger partial charge >= 0.3 is 0 Å². The zero-order valence-electron chi connectivity index (χ0n) is 13.1. The van der Waals surface area contributed by atoms with E-state index < -0.39 is 0 Å². The predicted octanol–water partition coefficient (Wildman–Crippen LogP) is 4.49. The van der Waals surface area contributed by atoms with Crippen LogP contribution < -0.4 is 10.5 Å². The molecule has 2 aromatic rings. The van der Waals surface area contributed by atoms with Gasteiger partial charge in [-0.2, -0.15) is 0 Å². The monoisotopic (exact) mass is 301 g/mol.